The summed E-state index contributed by atoms with van der Waals surface area (Å²) in [4.78, 5) is 12.8. The maximum absolute atomic E-state index is 12.8. The topological polar surface area (TPSA) is 52.6 Å². The van der Waals surface area contributed by atoms with Crippen LogP contribution in [0.15, 0.2) is 30.3 Å². The fourth-order valence-corrected chi connectivity index (χ4v) is 2.97. The Morgan fingerprint density at radius 1 is 1.12 bits per heavy atom. The molecular weight excluding hydrogens is 335 g/mol. The summed E-state index contributed by atoms with van der Waals surface area (Å²) >= 11 is 0. The Morgan fingerprint density at radius 2 is 1.84 bits per heavy atom. The Labute approximate surface area is 150 Å². The predicted molar refractivity (Wildman–Crippen MR) is 99.9 cm³/mol. The Balaban J connectivity index is 2.23. The van der Waals surface area contributed by atoms with Crippen LogP contribution in [0.3, 0.4) is 0 Å². The molecule has 0 aliphatic heterocycles. The summed E-state index contributed by atoms with van der Waals surface area (Å²) in [6.07, 6.45) is -0.633. The second kappa shape index (κ2) is 8.26. The highest BCUT2D eigenvalue weighted by molar-refractivity contribution is 7.34. The normalized spacial score (nSPS) is 12.0. The van der Waals surface area contributed by atoms with Crippen molar-refractivity contribution in [2.75, 3.05) is 6.61 Å². The van der Waals surface area contributed by atoms with Gasteiger partial charge in [-0.1, -0.05) is 12.1 Å². The van der Waals surface area contributed by atoms with E-state index < -0.39 is 6.10 Å². The molecule has 2 aromatic rings. The minimum absolute atomic E-state index is 0.0652. The van der Waals surface area contributed by atoms with Crippen LogP contribution in [-0.4, -0.2) is 18.5 Å². The molecule has 0 spiro atoms. The summed E-state index contributed by atoms with van der Waals surface area (Å²) in [6, 6.07) is 8.84. The molecule has 0 aliphatic rings. The van der Waals surface area contributed by atoms with Gasteiger partial charge in [0.25, 0.3) is 0 Å². The fourth-order valence-electron chi connectivity index (χ4n) is 2.61. The van der Waals surface area contributed by atoms with Gasteiger partial charge < -0.3 is 9.47 Å². The van der Waals surface area contributed by atoms with Gasteiger partial charge >= 0.3 is 0 Å². The quantitative estimate of drug-likeness (QED) is 0.537. The van der Waals surface area contributed by atoms with Crippen LogP contribution in [0, 0.1) is 20.8 Å². The predicted octanol–water partition coefficient (Wildman–Crippen LogP) is 4.58. The van der Waals surface area contributed by atoms with Gasteiger partial charge in [0.05, 0.1) is 11.9 Å². The average Bonchev–Trinajstić information content (AvgIpc) is 2.60. The Hall–Kier alpha value is -2.19. The van der Waals surface area contributed by atoms with Crippen molar-refractivity contribution in [3.05, 3.63) is 52.6 Å². The summed E-state index contributed by atoms with van der Waals surface area (Å²) in [7, 11) is -0.112. The summed E-state index contributed by atoms with van der Waals surface area (Å²) in [6.45, 7) is 10.1. The van der Waals surface area contributed by atoms with Gasteiger partial charge in [0, 0.05) is 11.6 Å². The van der Waals surface area contributed by atoms with Crippen LogP contribution in [0.5, 0.6) is 11.5 Å². The van der Waals surface area contributed by atoms with Crippen molar-refractivity contribution in [1.29, 1.82) is 0 Å². The van der Waals surface area contributed by atoms with Crippen LogP contribution in [0.2, 0.25) is 0 Å². The number of carbonyl (C=O) groups excluding carboxylic acids is 1. The molecule has 0 saturated carbocycles. The Bertz CT molecular complexity index is 799. The lowest BCUT2D eigenvalue weighted by atomic mass is 9.95. The van der Waals surface area contributed by atoms with E-state index in [1.807, 2.05) is 39.8 Å². The van der Waals surface area contributed by atoms with E-state index >= 15 is 0 Å². The SMILES string of the molecule is CCOc1cc(OC(C)C(=O)c2ccc(C)c(C)c2C)ccc1P=O. The van der Waals surface area contributed by atoms with Crippen molar-refractivity contribution in [3.8, 4) is 11.5 Å². The van der Waals surface area contributed by atoms with Gasteiger partial charge in [-0.25, -0.2) is 0 Å². The molecule has 0 bridgehead atoms. The standard InChI is InChI=1S/C20H23O4P/c1-6-23-18-11-16(8-10-19(18)25-22)24-15(5)20(21)17-9-7-12(2)13(3)14(17)4/h7-11,15H,6H2,1-5H3. The van der Waals surface area contributed by atoms with E-state index in [0.717, 1.165) is 16.7 Å². The minimum Gasteiger partial charge on any atom is -0.493 e. The zero-order chi connectivity index (χ0) is 18.6. The van der Waals surface area contributed by atoms with Gasteiger partial charge in [-0.15, -0.1) is 0 Å². The first-order valence-corrected chi connectivity index (χ1v) is 9.08. The van der Waals surface area contributed by atoms with Crippen molar-refractivity contribution in [2.24, 2.45) is 0 Å². The largest absolute Gasteiger partial charge is 0.493 e. The van der Waals surface area contributed by atoms with Crippen molar-refractivity contribution < 1.29 is 18.8 Å². The van der Waals surface area contributed by atoms with E-state index in [0.29, 0.717) is 29.0 Å². The van der Waals surface area contributed by atoms with Crippen molar-refractivity contribution >= 4 is 19.5 Å². The molecule has 4 nitrogen and oxygen atoms in total. The second-order valence-electron chi connectivity index (χ2n) is 5.96. The second-order valence-corrected chi connectivity index (χ2v) is 6.62. The number of hydrogen-bond donors (Lipinski definition) is 0. The molecule has 5 heteroatoms. The summed E-state index contributed by atoms with van der Waals surface area (Å²) in [5.41, 5.74) is 3.94. The van der Waals surface area contributed by atoms with Crippen LogP contribution in [0.1, 0.15) is 40.9 Å². The highest BCUT2D eigenvalue weighted by Crippen LogP contribution is 2.24. The molecule has 2 rings (SSSR count). The van der Waals surface area contributed by atoms with Crippen molar-refractivity contribution in [1.82, 2.24) is 0 Å². The van der Waals surface area contributed by atoms with E-state index in [1.54, 1.807) is 25.1 Å². The van der Waals surface area contributed by atoms with Crippen molar-refractivity contribution in [2.45, 2.75) is 40.7 Å². The van der Waals surface area contributed by atoms with Crippen molar-refractivity contribution in [3.63, 3.8) is 0 Å². The van der Waals surface area contributed by atoms with Gasteiger partial charge in [-0.05, 0) is 63.4 Å². The van der Waals surface area contributed by atoms with Crippen LogP contribution < -0.4 is 14.8 Å². The number of ketones is 1. The molecule has 0 fully saturated rings. The maximum Gasteiger partial charge on any atom is 0.203 e. The first-order chi connectivity index (χ1) is 11.9. The zero-order valence-electron chi connectivity index (χ0n) is 15.3. The average molecular weight is 358 g/mol. The molecule has 0 saturated heterocycles. The molecule has 25 heavy (non-hydrogen) atoms. The molecule has 132 valence electrons. The molecule has 1 atom stereocenters. The van der Waals surface area contributed by atoms with E-state index in [9.17, 15) is 9.36 Å². The van der Waals surface area contributed by atoms with E-state index in [-0.39, 0.29) is 14.2 Å². The first-order valence-electron chi connectivity index (χ1n) is 8.26. The van der Waals surface area contributed by atoms with Gasteiger partial charge in [0.2, 0.25) is 5.78 Å². The maximum atomic E-state index is 12.8. The van der Waals surface area contributed by atoms with Gasteiger partial charge in [0.1, 0.15) is 11.5 Å². The third kappa shape index (κ3) is 4.26. The number of hydrogen-bond acceptors (Lipinski definition) is 4. The van der Waals surface area contributed by atoms with Crippen LogP contribution in [0.25, 0.3) is 0 Å². The van der Waals surface area contributed by atoms with Gasteiger partial charge in [-0.3, -0.25) is 9.36 Å². The Morgan fingerprint density at radius 3 is 2.48 bits per heavy atom. The molecular formula is C20H23O4P. The number of carbonyl (C=O) groups is 1. The molecule has 1 unspecified atom stereocenters. The summed E-state index contributed by atoms with van der Waals surface area (Å²) in [5, 5.41) is 0.554. The molecule has 0 aromatic heterocycles. The molecule has 0 radical (unpaired) electrons. The molecule has 0 aliphatic carbocycles. The van der Waals surface area contributed by atoms with Gasteiger partial charge in [-0.2, -0.15) is 0 Å². The summed E-state index contributed by atoms with van der Waals surface area (Å²) in [5.74, 6) is 0.946. The third-order valence-corrected chi connectivity index (χ3v) is 4.90. The highest BCUT2D eigenvalue weighted by Gasteiger charge is 2.20. The third-order valence-electron chi connectivity index (χ3n) is 4.34. The highest BCUT2D eigenvalue weighted by atomic mass is 31.1. The lowest BCUT2D eigenvalue weighted by Crippen LogP contribution is -2.25. The molecule has 0 heterocycles. The van der Waals surface area contributed by atoms with Crippen LogP contribution in [-0.2, 0) is 4.57 Å². The summed E-state index contributed by atoms with van der Waals surface area (Å²) < 4.78 is 22.4. The number of rotatable bonds is 7. The minimum atomic E-state index is -0.633. The fraction of sp³-hybridized carbons (Fsp3) is 0.350. The molecule has 0 N–H and O–H groups in total. The van der Waals surface area contributed by atoms with Gasteiger partial charge in [0.15, 0.2) is 14.6 Å². The zero-order valence-corrected chi connectivity index (χ0v) is 16.1. The van der Waals surface area contributed by atoms with Crippen LogP contribution >= 0.6 is 8.46 Å². The van der Waals surface area contributed by atoms with Crippen LogP contribution in [0.4, 0.5) is 0 Å². The molecule has 2 aromatic carbocycles. The first kappa shape index (κ1) is 19.1. The number of ether oxygens (including phenoxy) is 2. The lowest BCUT2D eigenvalue weighted by Gasteiger charge is -2.17. The van der Waals surface area contributed by atoms with E-state index in [4.69, 9.17) is 9.47 Å². The number of Topliss-reactive ketones (excluding diaryl/α,β-unsaturated/α-hetero) is 1. The Kier molecular flexibility index (Phi) is 6.33. The van der Waals surface area contributed by atoms with E-state index in [2.05, 4.69) is 0 Å². The lowest BCUT2D eigenvalue weighted by molar-refractivity contribution is 0.0817. The monoisotopic (exact) mass is 358 g/mol. The molecule has 0 amide bonds. The number of benzene rings is 2. The van der Waals surface area contributed by atoms with E-state index in [1.165, 1.54) is 0 Å². The number of aryl methyl sites for hydroxylation is 1. The smallest absolute Gasteiger partial charge is 0.203 e.